The van der Waals surface area contributed by atoms with Crippen LogP contribution in [0.25, 0.3) is 0 Å². The molecule has 0 aliphatic rings. The number of nitrogens with zero attached hydrogens (tertiary/aromatic N) is 3. The molecule has 2 rings (SSSR count). The second-order valence-corrected chi connectivity index (χ2v) is 3.33. The van der Waals surface area contributed by atoms with Gasteiger partial charge in [0, 0.05) is 7.05 Å². The molecule has 0 aliphatic carbocycles. The average molecular weight is 238 g/mol. The largest absolute Gasteiger partial charge is 0.316 e. The molecule has 88 valence electrons. The van der Waals surface area contributed by atoms with Gasteiger partial charge in [-0.1, -0.05) is 11.3 Å². The molecule has 17 heavy (non-hydrogen) atoms. The highest BCUT2D eigenvalue weighted by atomic mass is 19.1. The summed E-state index contributed by atoms with van der Waals surface area (Å²) in [7, 11) is 1.58. The fourth-order valence-corrected chi connectivity index (χ4v) is 1.25. The monoisotopic (exact) mass is 238 g/mol. The molecule has 1 heterocycles. The summed E-state index contributed by atoms with van der Waals surface area (Å²) in [5, 5.41) is 9.17. The highest BCUT2D eigenvalue weighted by molar-refractivity contribution is 6.02. The minimum absolute atomic E-state index is 0.0184. The van der Waals surface area contributed by atoms with Crippen molar-refractivity contribution in [3.63, 3.8) is 0 Å². The number of nitrogens with one attached hydrogen (secondary N) is 1. The summed E-state index contributed by atoms with van der Waals surface area (Å²) in [6, 6.07) is 3.31. The maximum Gasteiger partial charge on any atom is 0.277 e. The first-order chi connectivity index (χ1) is 8.08. The van der Waals surface area contributed by atoms with Crippen LogP contribution in [0.1, 0.15) is 10.5 Å². The third-order valence-electron chi connectivity index (χ3n) is 2.04. The molecule has 0 saturated carbocycles. The van der Waals surface area contributed by atoms with Crippen molar-refractivity contribution in [3.8, 4) is 0 Å². The number of hydrogen-bond acceptors (Lipinski definition) is 3. The van der Waals surface area contributed by atoms with Gasteiger partial charge >= 0.3 is 0 Å². The molecule has 1 amide bonds. The van der Waals surface area contributed by atoms with Crippen molar-refractivity contribution in [1.82, 2.24) is 15.0 Å². The molecular formula is C10H8F2N4O. The highest BCUT2D eigenvalue weighted by Crippen LogP contribution is 2.18. The molecule has 0 spiro atoms. The Hall–Kier alpha value is -2.31. The van der Waals surface area contributed by atoms with Gasteiger partial charge < -0.3 is 5.32 Å². The summed E-state index contributed by atoms with van der Waals surface area (Å²) in [5.74, 6) is -2.41. The lowest BCUT2D eigenvalue weighted by Crippen LogP contribution is -2.14. The molecule has 0 atom stereocenters. The molecule has 0 saturated heterocycles. The number of carbonyl (C=O) groups is 1. The van der Waals surface area contributed by atoms with E-state index in [-0.39, 0.29) is 5.69 Å². The van der Waals surface area contributed by atoms with Crippen molar-refractivity contribution in [2.45, 2.75) is 0 Å². The van der Waals surface area contributed by atoms with Crippen molar-refractivity contribution >= 4 is 11.6 Å². The van der Waals surface area contributed by atoms with Crippen molar-refractivity contribution in [2.24, 2.45) is 7.05 Å². The van der Waals surface area contributed by atoms with Crippen molar-refractivity contribution in [1.29, 1.82) is 0 Å². The van der Waals surface area contributed by atoms with E-state index in [1.807, 2.05) is 0 Å². The third-order valence-corrected chi connectivity index (χ3v) is 2.04. The SMILES string of the molecule is Cn1cc(C(=O)Nc2c(F)cccc2F)nn1. The van der Waals surface area contributed by atoms with E-state index in [1.54, 1.807) is 7.05 Å². The Balaban J connectivity index is 2.24. The molecule has 1 aromatic carbocycles. The molecule has 0 bridgehead atoms. The summed E-state index contributed by atoms with van der Waals surface area (Å²) in [4.78, 5) is 11.6. The van der Waals surface area contributed by atoms with Crippen LogP contribution >= 0.6 is 0 Å². The van der Waals surface area contributed by atoms with Crippen molar-refractivity contribution in [3.05, 3.63) is 41.7 Å². The van der Waals surface area contributed by atoms with E-state index < -0.39 is 23.2 Å². The van der Waals surface area contributed by atoms with Gasteiger partial charge in [0.05, 0.1) is 6.20 Å². The standard InChI is InChI=1S/C10H8F2N4O/c1-16-5-8(14-15-16)10(17)13-9-6(11)3-2-4-7(9)12/h2-5H,1H3,(H,13,17). The molecule has 5 nitrogen and oxygen atoms in total. The second kappa shape index (κ2) is 4.28. The summed E-state index contributed by atoms with van der Waals surface area (Å²) < 4.78 is 27.8. The molecule has 0 fully saturated rings. The second-order valence-electron chi connectivity index (χ2n) is 3.33. The Labute approximate surface area is 95.1 Å². The highest BCUT2D eigenvalue weighted by Gasteiger charge is 2.15. The van der Waals surface area contributed by atoms with Gasteiger partial charge in [-0.25, -0.2) is 8.78 Å². The number of benzene rings is 1. The number of amides is 1. The normalized spacial score (nSPS) is 10.3. The van der Waals surface area contributed by atoms with Gasteiger partial charge in [-0.05, 0) is 12.1 Å². The summed E-state index contributed by atoms with van der Waals surface area (Å²) in [6.45, 7) is 0. The molecule has 2 aromatic rings. The Kier molecular flexibility index (Phi) is 2.82. The van der Waals surface area contributed by atoms with Crippen LogP contribution in [0.3, 0.4) is 0 Å². The van der Waals surface area contributed by atoms with Gasteiger partial charge in [-0.2, -0.15) is 0 Å². The molecule has 0 radical (unpaired) electrons. The first-order valence-corrected chi connectivity index (χ1v) is 4.69. The molecule has 1 aromatic heterocycles. The van der Waals surface area contributed by atoms with E-state index in [2.05, 4.69) is 15.6 Å². The Bertz CT molecular complexity index is 547. The molecule has 1 N–H and O–H groups in total. The number of aryl methyl sites for hydroxylation is 1. The molecule has 0 unspecified atom stereocenters. The number of anilines is 1. The average Bonchev–Trinajstić information content (AvgIpc) is 2.70. The van der Waals surface area contributed by atoms with Crippen molar-refractivity contribution in [2.75, 3.05) is 5.32 Å². The lowest BCUT2D eigenvalue weighted by molar-refractivity contribution is 0.102. The molecular weight excluding hydrogens is 230 g/mol. The predicted octanol–water partition coefficient (Wildman–Crippen LogP) is 1.35. The predicted molar refractivity (Wildman–Crippen MR) is 55.3 cm³/mol. The number of rotatable bonds is 2. The molecule has 0 aliphatic heterocycles. The summed E-state index contributed by atoms with van der Waals surface area (Å²) in [5.41, 5.74) is -0.515. The van der Waals surface area contributed by atoms with Crippen LogP contribution in [0.15, 0.2) is 24.4 Å². The first-order valence-electron chi connectivity index (χ1n) is 4.69. The van der Waals surface area contributed by atoms with Gasteiger partial charge in [0.25, 0.3) is 5.91 Å². The van der Waals surface area contributed by atoms with E-state index in [4.69, 9.17) is 0 Å². The van der Waals surface area contributed by atoms with Gasteiger partial charge in [-0.15, -0.1) is 5.10 Å². The summed E-state index contributed by atoms with van der Waals surface area (Å²) >= 11 is 0. The van der Waals surface area contributed by atoms with Crippen LogP contribution in [0, 0.1) is 11.6 Å². The lowest BCUT2D eigenvalue weighted by atomic mass is 10.3. The smallest absolute Gasteiger partial charge is 0.277 e. The maximum atomic E-state index is 13.2. The van der Waals surface area contributed by atoms with E-state index >= 15 is 0 Å². The number of halogens is 2. The molecule has 7 heteroatoms. The fourth-order valence-electron chi connectivity index (χ4n) is 1.25. The number of carbonyl (C=O) groups excluding carboxylic acids is 1. The van der Waals surface area contributed by atoms with Crippen LogP contribution in [-0.4, -0.2) is 20.9 Å². The van der Waals surface area contributed by atoms with Crippen LogP contribution in [0.2, 0.25) is 0 Å². The minimum atomic E-state index is -0.845. The topological polar surface area (TPSA) is 59.8 Å². The zero-order chi connectivity index (χ0) is 12.4. The van der Waals surface area contributed by atoms with E-state index in [0.29, 0.717) is 0 Å². The van der Waals surface area contributed by atoms with Crippen LogP contribution in [0.4, 0.5) is 14.5 Å². The fraction of sp³-hybridized carbons (Fsp3) is 0.100. The van der Waals surface area contributed by atoms with Gasteiger partial charge in [0.1, 0.15) is 17.3 Å². The van der Waals surface area contributed by atoms with Crippen molar-refractivity contribution < 1.29 is 13.6 Å². The van der Waals surface area contributed by atoms with E-state index in [1.165, 1.54) is 16.9 Å². The first kappa shape index (κ1) is 11.2. The summed E-state index contributed by atoms with van der Waals surface area (Å²) in [6.07, 6.45) is 1.34. The zero-order valence-corrected chi connectivity index (χ0v) is 8.82. The quantitative estimate of drug-likeness (QED) is 0.859. The van der Waals surface area contributed by atoms with Crippen LogP contribution in [0.5, 0.6) is 0 Å². The number of para-hydroxylation sites is 1. The third kappa shape index (κ3) is 2.27. The van der Waals surface area contributed by atoms with E-state index in [0.717, 1.165) is 12.1 Å². The van der Waals surface area contributed by atoms with Gasteiger partial charge in [0.2, 0.25) is 0 Å². The Morgan fingerprint density at radius 3 is 2.53 bits per heavy atom. The number of hydrogen-bond donors (Lipinski definition) is 1. The van der Waals surface area contributed by atoms with Gasteiger partial charge in [0.15, 0.2) is 5.69 Å². The lowest BCUT2D eigenvalue weighted by Gasteiger charge is -2.05. The zero-order valence-electron chi connectivity index (χ0n) is 8.82. The minimum Gasteiger partial charge on any atom is -0.316 e. The Morgan fingerprint density at radius 2 is 2.00 bits per heavy atom. The number of aromatic nitrogens is 3. The Morgan fingerprint density at radius 1 is 1.35 bits per heavy atom. The van der Waals surface area contributed by atoms with Crippen LogP contribution in [-0.2, 0) is 7.05 Å². The van der Waals surface area contributed by atoms with E-state index in [9.17, 15) is 13.6 Å². The maximum absolute atomic E-state index is 13.2. The van der Waals surface area contributed by atoms with Gasteiger partial charge in [-0.3, -0.25) is 9.48 Å². The van der Waals surface area contributed by atoms with Crippen LogP contribution < -0.4 is 5.32 Å².